The molecule has 2 atom stereocenters. The average molecular weight is 564 g/mol. The lowest BCUT2D eigenvalue weighted by molar-refractivity contribution is -0.450. The second-order valence-corrected chi connectivity index (χ2v) is 10.9. The van der Waals surface area contributed by atoms with Crippen molar-refractivity contribution >= 4 is 28.5 Å². The summed E-state index contributed by atoms with van der Waals surface area (Å²) in [6.07, 6.45) is 2.45. The van der Waals surface area contributed by atoms with Gasteiger partial charge in [0.25, 0.3) is 0 Å². The molecule has 7 rings (SSSR count). The van der Waals surface area contributed by atoms with E-state index < -0.39 is 5.92 Å². The second-order valence-electron chi connectivity index (χ2n) is 10.9. The molecule has 2 unspecified atom stereocenters. The molecular formula is C37H31N4O2+. The van der Waals surface area contributed by atoms with Gasteiger partial charge in [0.05, 0.1) is 47.8 Å². The van der Waals surface area contributed by atoms with Crippen molar-refractivity contribution in [3.8, 4) is 16.9 Å². The third-order valence-corrected chi connectivity index (χ3v) is 8.20. The Labute approximate surface area is 250 Å². The van der Waals surface area contributed by atoms with Crippen LogP contribution in [0.1, 0.15) is 24.5 Å². The zero-order valence-corrected chi connectivity index (χ0v) is 24.1. The SMILES string of the molecule is COC1=C(c2cnn(-c3ccccc3)c2-c2ccccc2)C(=O)C1C1CC(C)=N[N+](c2ccccc2)=C1c1ccccc1. The van der Waals surface area contributed by atoms with Crippen molar-refractivity contribution in [1.82, 2.24) is 9.78 Å². The Hall–Kier alpha value is -5.36. The number of hydrogen-bond donors (Lipinski definition) is 0. The van der Waals surface area contributed by atoms with Gasteiger partial charge in [0.1, 0.15) is 5.76 Å². The van der Waals surface area contributed by atoms with E-state index in [0.717, 1.165) is 45.2 Å². The molecule has 43 heavy (non-hydrogen) atoms. The van der Waals surface area contributed by atoms with Crippen LogP contribution in [0.4, 0.5) is 5.69 Å². The summed E-state index contributed by atoms with van der Waals surface area (Å²) in [7, 11) is 1.67. The number of carbonyl (C=O) groups is 1. The number of ether oxygens (including phenoxy) is 1. The molecule has 0 radical (unpaired) electrons. The number of Topliss-reactive ketones (excluding diaryl/α,β-unsaturated/α-hetero) is 1. The smallest absolute Gasteiger partial charge is 0.238 e. The van der Waals surface area contributed by atoms with Gasteiger partial charge in [-0.05, 0) is 41.0 Å². The van der Waals surface area contributed by atoms with Gasteiger partial charge in [-0.3, -0.25) is 4.79 Å². The van der Waals surface area contributed by atoms with Crippen LogP contribution in [0.25, 0.3) is 22.5 Å². The third-order valence-electron chi connectivity index (χ3n) is 8.20. The molecule has 0 N–H and O–H groups in total. The lowest BCUT2D eigenvalue weighted by atomic mass is 9.67. The molecule has 1 aromatic heterocycles. The molecule has 1 aliphatic heterocycles. The number of rotatable bonds is 7. The second kappa shape index (κ2) is 11.1. The summed E-state index contributed by atoms with van der Waals surface area (Å²) in [5, 5.41) is 9.75. The molecule has 0 bridgehead atoms. The zero-order chi connectivity index (χ0) is 29.3. The van der Waals surface area contributed by atoms with Crippen LogP contribution in [0, 0.1) is 11.8 Å². The van der Waals surface area contributed by atoms with E-state index in [4.69, 9.17) is 14.9 Å². The van der Waals surface area contributed by atoms with Gasteiger partial charge in [-0.15, -0.1) is 0 Å². The van der Waals surface area contributed by atoms with E-state index in [2.05, 4.69) is 12.1 Å². The van der Waals surface area contributed by atoms with Crippen molar-refractivity contribution < 1.29 is 14.2 Å². The van der Waals surface area contributed by atoms with E-state index in [9.17, 15) is 4.79 Å². The lowest BCUT2D eigenvalue weighted by Gasteiger charge is -2.36. The quantitative estimate of drug-likeness (QED) is 0.195. The Kier molecular flexibility index (Phi) is 6.87. The van der Waals surface area contributed by atoms with Crippen molar-refractivity contribution in [3.05, 3.63) is 144 Å². The van der Waals surface area contributed by atoms with E-state index in [1.807, 2.05) is 125 Å². The first kappa shape index (κ1) is 26.5. The van der Waals surface area contributed by atoms with Crippen molar-refractivity contribution in [3.63, 3.8) is 0 Å². The van der Waals surface area contributed by atoms with E-state index in [0.29, 0.717) is 17.8 Å². The molecule has 0 amide bonds. The number of allylic oxidation sites excluding steroid dienone is 2. The van der Waals surface area contributed by atoms with E-state index in [-0.39, 0.29) is 11.7 Å². The molecule has 4 aromatic carbocycles. The predicted molar refractivity (Wildman–Crippen MR) is 170 cm³/mol. The number of benzene rings is 4. The predicted octanol–water partition coefficient (Wildman–Crippen LogP) is 7.33. The molecule has 6 heteroatoms. The van der Waals surface area contributed by atoms with E-state index in [1.165, 1.54) is 0 Å². The van der Waals surface area contributed by atoms with Gasteiger partial charge in [-0.2, -0.15) is 5.10 Å². The first-order chi connectivity index (χ1) is 21.2. The Morgan fingerprint density at radius 1 is 0.791 bits per heavy atom. The minimum absolute atomic E-state index is 0.0581. The normalized spacial score (nSPS) is 18.4. The fourth-order valence-electron chi connectivity index (χ4n) is 6.33. The summed E-state index contributed by atoms with van der Waals surface area (Å²) < 4.78 is 10.0. The Balaban J connectivity index is 1.40. The highest BCUT2D eigenvalue weighted by atomic mass is 16.5. The highest BCUT2D eigenvalue weighted by molar-refractivity contribution is 6.32. The summed E-state index contributed by atoms with van der Waals surface area (Å²) in [6, 6.07) is 40.4. The highest BCUT2D eigenvalue weighted by Crippen LogP contribution is 2.48. The van der Waals surface area contributed by atoms with Crippen molar-refractivity contribution in [1.29, 1.82) is 0 Å². The van der Waals surface area contributed by atoms with Gasteiger partial charge in [-0.1, -0.05) is 84.9 Å². The molecule has 0 spiro atoms. The zero-order valence-electron chi connectivity index (χ0n) is 24.1. The van der Waals surface area contributed by atoms with Gasteiger partial charge >= 0.3 is 0 Å². The minimum Gasteiger partial charge on any atom is -0.500 e. The van der Waals surface area contributed by atoms with Gasteiger partial charge in [0.2, 0.25) is 11.4 Å². The van der Waals surface area contributed by atoms with Gasteiger partial charge < -0.3 is 4.74 Å². The van der Waals surface area contributed by atoms with E-state index >= 15 is 0 Å². The number of nitrogens with zero attached hydrogens (tertiary/aromatic N) is 4. The first-order valence-corrected chi connectivity index (χ1v) is 14.5. The number of carbonyl (C=O) groups excluding carboxylic acids is 1. The molecule has 6 nitrogen and oxygen atoms in total. The van der Waals surface area contributed by atoms with Crippen LogP contribution in [0.15, 0.2) is 138 Å². The Morgan fingerprint density at radius 2 is 1.37 bits per heavy atom. The van der Waals surface area contributed by atoms with Crippen LogP contribution < -0.4 is 0 Å². The maximum atomic E-state index is 14.4. The van der Waals surface area contributed by atoms with Crippen LogP contribution in [-0.2, 0) is 9.53 Å². The molecule has 5 aromatic rings. The maximum Gasteiger partial charge on any atom is 0.238 e. The topological polar surface area (TPSA) is 59.5 Å². The summed E-state index contributed by atoms with van der Waals surface area (Å²) in [4.78, 5) is 14.4. The van der Waals surface area contributed by atoms with Crippen molar-refractivity contribution in [2.45, 2.75) is 13.3 Å². The Bertz CT molecular complexity index is 1890. The number of ketones is 1. The molecule has 2 heterocycles. The summed E-state index contributed by atoms with van der Waals surface area (Å²) >= 11 is 0. The minimum atomic E-state index is -0.449. The Morgan fingerprint density at radius 3 is 2.00 bits per heavy atom. The number of aromatic nitrogens is 2. The van der Waals surface area contributed by atoms with Crippen LogP contribution in [0.5, 0.6) is 0 Å². The van der Waals surface area contributed by atoms with Crippen LogP contribution in [0.3, 0.4) is 0 Å². The monoisotopic (exact) mass is 563 g/mol. The molecule has 0 saturated heterocycles. The largest absolute Gasteiger partial charge is 0.500 e. The fraction of sp³-hybridized carbons (Fsp3) is 0.135. The molecule has 2 aliphatic rings. The van der Waals surface area contributed by atoms with Crippen molar-refractivity contribution in [2.24, 2.45) is 16.9 Å². The molecule has 1 aliphatic carbocycles. The fourth-order valence-corrected chi connectivity index (χ4v) is 6.33. The standard InChI is InChI=1S/C37H31N4O2/c1-25-23-30(34(26-15-7-3-8-16-26)41(39-25)29-21-13-6-14-22-29)32-36(42)33(37(32)43-2)31-24-38-40(28-19-11-5-12-20-28)35(31)27-17-9-4-10-18-27/h3-22,24,30,32H,23H2,1-2H3/q+1. The maximum absolute atomic E-state index is 14.4. The lowest BCUT2D eigenvalue weighted by Crippen LogP contribution is -2.44. The highest BCUT2D eigenvalue weighted by Gasteiger charge is 2.52. The summed E-state index contributed by atoms with van der Waals surface area (Å²) in [5.74, 6) is 0.143. The van der Waals surface area contributed by atoms with Crippen LogP contribution in [0.2, 0.25) is 0 Å². The molecule has 0 fully saturated rings. The van der Waals surface area contributed by atoms with Crippen LogP contribution in [-0.4, -0.2) is 38.8 Å². The number of methoxy groups -OCH3 is 1. The summed E-state index contributed by atoms with van der Waals surface area (Å²) in [6.45, 7) is 2.03. The average Bonchev–Trinajstić information content (AvgIpc) is 3.49. The van der Waals surface area contributed by atoms with Crippen LogP contribution >= 0.6 is 0 Å². The third kappa shape index (κ3) is 4.61. The number of hydrazone groups is 1. The number of para-hydroxylation sites is 2. The molecule has 210 valence electrons. The molecule has 0 saturated carbocycles. The van der Waals surface area contributed by atoms with Crippen molar-refractivity contribution in [2.75, 3.05) is 7.11 Å². The molecular weight excluding hydrogens is 532 g/mol. The van der Waals surface area contributed by atoms with E-state index in [1.54, 1.807) is 13.3 Å². The first-order valence-electron chi connectivity index (χ1n) is 14.5. The number of hydrogen-bond acceptors (Lipinski definition) is 4. The van der Waals surface area contributed by atoms with Gasteiger partial charge in [-0.25, -0.2) is 4.68 Å². The summed E-state index contributed by atoms with van der Waals surface area (Å²) in [5.41, 5.74) is 8.07. The van der Waals surface area contributed by atoms with Gasteiger partial charge in [0.15, 0.2) is 5.78 Å². The van der Waals surface area contributed by atoms with Gasteiger partial charge in [0, 0.05) is 35.2 Å².